The number of hydrogen-bond acceptors (Lipinski definition) is 5. The molecule has 1 aromatic carbocycles. The van der Waals surface area contributed by atoms with Gasteiger partial charge in [0.2, 0.25) is 0 Å². The maximum atomic E-state index is 5.84. The van der Waals surface area contributed by atoms with Crippen LogP contribution in [0.2, 0.25) is 0 Å². The highest BCUT2D eigenvalue weighted by atomic mass is 16.5. The van der Waals surface area contributed by atoms with Gasteiger partial charge in [-0.15, -0.1) is 0 Å². The molecular weight excluding hydrogens is 254 g/mol. The number of hydrogen-bond donors (Lipinski definition) is 1. The molecule has 1 unspecified atom stereocenters. The average Bonchev–Trinajstić information content (AvgIpc) is 2.91. The molecule has 0 radical (unpaired) electrons. The molecule has 6 heteroatoms. The van der Waals surface area contributed by atoms with Crippen LogP contribution in [-0.4, -0.2) is 19.5 Å². The number of aromatic nitrogens is 4. The van der Waals surface area contributed by atoms with Crippen LogP contribution >= 0.6 is 0 Å². The van der Waals surface area contributed by atoms with E-state index in [9.17, 15) is 0 Å². The Morgan fingerprint density at radius 3 is 2.80 bits per heavy atom. The van der Waals surface area contributed by atoms with E-state index in [4.69, 9.17) is 10.5 Å². The monoisotopic (exact) mass is 269 g/mol. The van der Waals surface area contributed by atoms with Crippen molar-refractivity contribution >= 4 is 17.0 Å². The molecular formula is C14H15N5O. The van der Waals surface area contributed by atoms with E-state index in [1.807, 2.05) is 41.8 Å². The summed E-state index contributed by atoms with van der Waals surface area (Å²) in [5, 5.41) is 0. The third-order valence-electron chi connectivity index (χ3n) is 3.11. The molecule has 3 aromatic rings. The summed E-state index contributed by atoms with van der Waals surface area (Å²) in [5.41, 5.74) is 8.17. The number of ether oxygens (including phenoxy) is 1. The highest BCUT2D eigenvalue weighted by Gasteiger charge is 2.12. The zero-order valence-corrected chi connectivity index (χ0v) is 11.1. The molecule has 2 N–H and O–H groups in total. The molecule has 102 valence electrons. The van der Waals surface area contributed by atoms with Crippen LogP contribution in [0.4, 0.5) is 5.82 Å². The predicted molar refractivity (Wildman–Crippen MR) is 75.7 cm³/mol. The van der Waals surface area contributed by atoms with E-state index in [2.05, 4.69) is 15.0 Å². The number of imidazole rings is 1. The van der Waals surface area contributed by atoms with E-state index in [-0.39, 0.29) is 6.23 Å². The number of nitrogens with two attached hydrogens (primary N) is 1. The smallest absolute Gasteiger partial charge is 0.167 e. The lowest BCUT2D eigenvalue weighted by Crippen LogP contribution is -2.09. The second kappa shape index (κ2) is 5.26. The molecule has 0 fully saturated rings. The molecule has 20 heavy (non-hydrogen) atoms. The van der Waals surface area contributed by atoms with Gasteiger partial charge in [-0.2, -0.15) is 0 Å². The lowest BCUT2D eigenvalue weighted by Gasteiger charge is -2.15. The molecule has 6 nitrogen and oxygen atoms in total. The minimum Gasteiger partial charge on any atom is -0.382 e. The Kier molecular flexibility index (Phi) is 3.30. The number of nitrogens with zero attached hydrogens (tertiary/aromatic N) is 4. The molecule has 0 spiro atoms. The summed E-state index contributed by atoms with van der Waals surface area (Å²) in [5.74, 6) is 0.379. The highest BCUT2D eigenvalue weighted by molar-refractivity contribution is 5.81. The van der Waals surface area contributed by atoms with Crippen LogP contribution in [0, 0.1) is 0 Å². The Morgan fingerprint density at radius 2 is 2.00 bits per heavy atom. The van der Waals surface area contributed by atoms with Crippen molar-refractivity contribution < 1.29 is 4.74 Å². The van der Waals surface area contributed by atoms with Crippen LogP contribution in [0.25, 0.3) is 11.2 Å². The number of benzene rings is 1. The topological polar surface area (TPSA) is 78.9 Å². The van der Waals surface area contributed by atoms with Gasteiger partial charge in [0.05, 0.1) is 12.9 Å². The van der Waals surface area contributed by atoms with Crippen LogP contribution in [0.15, 0.2) is 43.0 Å². The molecule has 0 aliphatic carbocycles. The lowest BCUT2D eigenvalue weighted by atomic mass is 10.2. The minimum atomic E-state index is -0.186. The van der Waals surface area contributed by atoms with E-state index in [0.29, 0.717) is 23.6 Å². The van der Waals surface area contributed by atoms with Crippen LogP contribution in [0.1, 0.15) is 18.7 Å². The summed E-state index contributed by atoms with van der Waals surface area (Å²) in [6.07, 6.45) is 2.92. The fourth-order valence-corrected chi connectivity index (χ4v) is 2.01. The second-order valence-electron chi connectivity index (χ2n) is 4.48. The largest absolute Gasteiger partial charge is 0.382 e. The summed E-state index contributed by atoms with van der Waals surface area (Å²) in [4.78, 5) is 12.4. The lowest BCUT2D eigenvalue weighted by molar-refractivity contribution is 0.00634. The zero-order chi connectivity index (χ0) is 13.9. The number of anilines is 1. The third-order valence-corrected chi connectivity index (χ3v) is 3.11. The molecule has 0 amide bonds. The molecule has 0 bridgehead atoms. The first-order chi connectivity index (χ1) is 9.75. The quantitative estimate of drug-likeness (QED) is 0.785. The van der Waals surface area contributed by atoms with Crippen LogP contribution in [-0.2, 0) is 11.3 Å². The molecule has 1 atom stereocenters. The van der Waals surface area contributed by atoms with Gasteiger partial charge in [-0.05, 0) is 12.5 Å². The van der Waals surface area contributed by atoms with E-state index < -0.39 is 0 Å². The van der Waals surface area contributed by atoms with Crippen molar-refractivity contribution in [1.82, 2.24) is 19.5 Å². The predicted octanol–water partition coefficient (Wildman–Crippen LogP) is 2.14. The fraction of sp³-hybridized carbons (Fsp3) is 0.214. The Bertz CT molecular complexity index is 710. The van der Waals surface area contributed by atoms with E-state index >= 15 is 0 Å². The summed E-state index contributed by atoms with van der Waals surface area (Å²) in [6.45, 7) is 2.48. The van der Waals surface area contributed by atoms with Crippen LogP contribution < -0.4 is 5.73 Å². The standard InChI is InChI=1S/C14H15N5O/c1-10(20-7-11-5-3-2-4-6-11)19-9-18-12-13(15)16-8-17-14(12)19/h2-6,8-10H,7H2,1H3,(H2,15,16,17). The molecule has 2 heterocycles. The van der Waals surface area contributed by atoms with E-state index in [1.54, 1.807) is 6.33 Å². The van der Waals surface area contributed by atoms with Crippen molar-refractivity contribution in [2.75, 3.05) is 5.73 Å². The van der Waals surface area contributed by atoms with Crippen LogP contribution in [0.3, 0.4) is 0 Å². The summed E-state index contributed by atoms with van der Waals surface area (Å²) < 4.78 is 7.69. The number of fused-ring (bicyclic) bond motifs is 1. The minimum absolute atomic E-state index is 0.186. The van der Waals surface area contributed by atoms with Gasteiger partial charge in [0, 0.05) is 0 Å². The van der Waals surface area contributed by atoms with Crippen molar-refractivity contribution in [1.29, 1.82) is 0 Å². The average molecular weight is 269 g/mol. The zero-order valence-electron chi connectivity index (χ0n) is 11.1. The van der Waals surface area contributed by atoms with Crippen molar-refractivity contribution in [2.24, 2.45) is 0 Å². The second-order valence-corrected chi connectivity index (χ2v) is 4.48. The maximum Gasteiger partial charge on any atom is 0.167 e. The van der Waals surface area contributed by atoms with Gasteiger partial charge in [0.15, 0.2) is 11.5 Å². The number of nitrogen functional groups attached to an aromatic ring is 1. The van der Waals surface area contributed by atoms with Gasteiger partial charge in [0.25, 0.3) is 0 Å². The molecule has 0 aliphatic heterocycles. The van der Waals surface area contributed by atoms with Gasteiger partial charge < -0.3 is 10.5 Å². The van der Waals surface area contributed by atoms with Gasteiger partial charge in [0.1, 0.15) is 18.1 Å². The molecule has 2 aromatic heterocycles. The van der Waals surface area contributed by atoms with E-state index in [0.717, 1.165) is 5.56 Å². The molecule has 0 saturated heterocycles. The molecule has 0 aliphatic rings. The summed E-state index contributed by atoms with van der Waals surface area (Å²) in [7, 11) is 0. The van der Waals surface area contributed by atoms with Gasteiger partial charge >= 0.3 is 0 Å². The summed E-state index contributed by atoms with van der Waals surface area (Å²) >= 11 is 0. The van der Waals surface area contributed by atoms with Gasteiger partial charge in [-0.25, -0.2) is 15.0 Å². The third kappa shape index (κ3) is 2.33. The fourth-order valence-electron chi connectivity index (χ4n) is 2.01. The van der Waals surface area contributed by atoms with Gasteiger partial charge in [-0.3, -0.25) is 4.57 Å². The Balaban J connectivity index is 1.79. The SMILES string of the molecule is CC(OCc1ccccc1)n1cnc2c(N)ncnc21. The maximum absolute atomic E-state index is 5.84. The van der Waals surface area contributed by atoms with Gasteiger partial charge in [-0.1, -0.05) is 30.3 Å². The van der Waals surface area contributed by atoms with Crippen molar-refractivity contribution in [3.05, 3.63) is 48.5 Å². The molecule has 3 rings (SSSR count). The van der Waals surface area contributed by atoms with Crippen LogP contribution in [0.5, 0.6) is 0 Å². The van der Waals surface area contributed by atoms with Crippen molar-refractivity contribution in [2.45, 2.75) is 19.8 Å². The van der Waals surface area contributed by atoms with Crippen molar-refractivity contribution in [3.8, 4) is 0 Å². The Morgan fingerprint density at radius 1 is 1.20 bits per heavy atom. The normalized spacial score (nSPS) is 12.7. The Hall–Kier alpha value is -2.47. The summed E-state index contributed by atoms with van der Waals surface area (Å²) in [6, 6.07) is 10.0. The number of rotatable bonds is 4. The van der Waals surface area contributed by atoms with Crippen molar-refractivity contribution in [3.63, 3.8) is 0 Å². The first kappa shape index (κ1) is 12.6. The Labute approximate surface area is 116 Å². The first-order valence-electron chi connectivity index (χ1n) is 6.34. The highest BCUT2D eigenvalue weighted by Crippen LogP contribution is 2.20. The first-order valence-corrected chi connectivity index (χ1v) is 6.34. The van der Waals surface area contributed by atoms with E-state index in [1.165, 1.54) is 6.33 Å². The molecule has 0 saturated carbocycles.